The van der Waals surface area contributed by atoms with E-state index in [1.807, 2.05) is 0 Å². The number of unbranched alkanes of at least 4 members (excludes halogenated alkanes) is 8. The molecule has 0 rings (SSSR count). The second kappa shape index (κ2) is 16.3. The molecule has 0 radical (unpaired) electrons. The van der Waals surface area contributed by atoms with Crippen molar-refractivity contribution >= 4 is 5.97 Å². The second-order valence-corrected chi connectivity index (χ2v) is 6.57. The lowest BCUT2D eigenvalue weighted by atomic mass is 9.94. The molecule has 0 amide bonds. The van der Waals surface area contributed by atoms with Crippen molar-refractivity contribution in [3.05, 3.63) is 0 Å². The highest BCUT2D eigenvalue weighted by atomic mass is 16.5. The number of esters is 1. The van der Waals surface area contributed by atoms with Gasteiger partial charge >= 0.3 is 5.97 Å². The summed E-state index contributed by atoms with van der Waals surface area (Å²) in [6.07, 6.45) is 12.7. The summed E-state index contributed by atoms with van der Waals surface area (Å²) in [5, 5.41) is 18.1. The van der Waals surface area contributed by atoms with Crippen molar-refractivity contribution in [3.8, 4) is 0 Å². The first-order chi connectivity index (χ1) is 11.2. The second-order valence-electron chi connectivity index (χ2n) is 6.57. The zero-order valence-electron chi connectivity index (χ0n) is 15.3. The molecule has 138 valence electrons. The maximum atomic E-state index is 12.2. The molecule has 0 spiro atoms. The third-order valence-electron chi connectivity index (χ3n) is 4.27. The highest BCUT2D eigenvalue weighted by Gasteiger charge is 2.20. The van der Waals surface area contributed by atoms with E-state index in [9.17, 15) is 9.90 Å². The number of carbonyl (C=O) groups is 1. The van der Waals surface area contributed by atoms with Gasteiger partial charge < -0.3 is 14.9 Å². The Balaban J connectivity index is 4.10. The molecule has 0 aliphatic carbocycles. The quantitative estimate of drug-likeness (QED) is 0.328. The van der Waals surface area contributed by atoms with Crippen LogP contribution < -0.4 is 0 Å². The molecule has 0 aliphatic heterocycles. The molecule has 0 saturated heterocycles. The normalized spacial score (nSPS) is 12.6. The van der Waals surface area contributed by atoms with Gasteiger partial charge in [0, 0.05) is 0 Å². The zero-order valence-corrected chi connectivity index (χ0v) is 15.3. The zero-order chi connectivity index (χ0) is 17.3. The number of aliphatic hydroxyl groups excluding tert-OH is 2. The lowest BCUT2D eigenvalue weighted by Gasteiger charge is -2.17. The first kappa shape index (κ1) is 22.4. The summed E-state index contributed by atoms with van der Waals surface area (Å²) >= 11 is 0. The van der Waals surface area contributed by atoms with Gasteiger partial charge in [0.15, 0.2) is 0 Å². The number of carbonyl (C=O) groups excluding carboxylic acids is 1. The van der Waals surface area contributed by atoms with Crippen LogP contribution in [-0.4, -0.2) is 35.5 Å². The van der Waals surface area contributed by atoms with E-state index in [4.69, 9.17) is 9.84 Å². The molecule has 23 heavy (non-hydrogen) atoms. The Labute approximate surface area is 142 Å². The molecule has 0 aromatic carbocycles. The van der Waals surface area contributed by atoms with E-state index in [1.165, 1.54) is 51.4 Å². The molecule has 0 aliphatic rings. The Morgan fingerprint density at radius 3 is 1.78 bits per heavy atom. The van der Waals surface area contributed by atoms with Crippen LogP contribution in [0, 0.1) is 5.92 Å². The van der Waals surface area contributed by atoms with Crippen molar-refractivity contribution in [3.63, 3.8) is 0 Å². The molecule has 4 nitrogen and oxygen atoms in total. The van der Waals surface area contributed by atoms with Gasteiger partial charge in [-0.2, -0.15) is 0 Å². The van der Waals surface area contributed by atoms with Gasteiger partial charge in [0.2, 0.25) is 0 Å². The predicted molar refractivity (Wildman–Crippen MR) is 94.3 cm³/mol. The summed E-state index contributed by atoms with van der Waals surface area (Å²) in [5.41, 5.74) is 0. The van der Waals surface area contributed by atoms with Crippen molar-refractivity contribution in [2.45, 2.75) is 97.0 Å². The van der Waals surface area contributed by atoms with Crippen LogP contribution in [0.5, 0.6) is 0 Å². The monoisotopic (exact) mass is 330 g/mol. The Morgan fingerprint density at radius 2 is 1.35 bits per heavy atom. The fraction of sp³-hybridized carbons (Fsp3) is 0.947. The van der Waals surface area contributed by atoms with Crippen molar-refractivity contribution in [1.29, 1.82) is 0 Å². The number of aliphatic hydroxyl groups is 2. The van der Waals surface area contributed by atoms with Gasteiger partial charge in [-0.15, -0.1) is 0 Å². The fourth-order valence-electron chi connectivity index (χ4n) is 2.72. The maximum Gasteiger partial charge on any atom is 0.309 e. The molecule has 0 saturated carbocycles. The summed E-state index contributed by atoms with van der Waals surface area (Å²) in [5.74, 6) is -0.257. The molecule has 4 heteroatoms. The van der Waals surface area contributed by atoms with Gasteiger partial charge in [-0.25, -0.2) is 0 Å². The standard InChI is InChI=1S/C19H38O4/c1-3-5-7-9-11-13-17(14-12-10-8-6-4-2)19(22)23-16-18(21)15-20/h17-18,20-21H,3-16H2,1-2H3/t18-/m0/s1. The predicted octanol–water partition coefficient (Wildman–Crippen LogP) is 4.22. The van der Waals surface area contributed by atoms with Gasteiger partial charge in [0.25, 0.3) is 0 Å². The van der Waals surface area contributed by atoms with Crippen molar-refractivity contribution < 1.29 is 19.7 Å². The number of hydrogen-bond donors (Lipinski definition) is 2. The van der Waals surface area contributed by atoms with Crippen LogP contribution in [-0.2, 0) is 9.53 Å². The summed E-state index contributed by atoms with van der Waals surface area (Å²) in [6.45, 7) is 3.93. The SMILES string of the molecule is CCCCCCCC(CCCCCCC)C(=O)OC[C@@H](O)CO. The van der Waals surface area contributed by atoms with Gasteiger partial charge in [0.1, 0.15) is 12.7 Å². The minimum Gasteiger partial charge on any atom is -0.463 e. The molecule has 1 atom stereocenters. The summed E-state index contributed by atoms with van der Waals surface area (Å²) < 4.78 is 5.16. The first-order valence-electron chi connectivity index (χ1n) is 9.61. The van der Waals surface area contributed by atoms with Crippen LogP contribution in [0.1, 0.15) is 90.9 Å². The summed E-state index contributed by atoms with van der Waals surface area (Å²) in [6, 6.07) is 0. The van der Waals surface area contributed by atoms with E-state index < -0.39 is 6.10 Å². The maximum absolute atomic E-state index is 12.2. The van der Waals surface area contributed by atoms with Crippen molar-refractivity contribution in [2.75, 3.05) is 13.2 Å². The third kappa shape index (κ3) is 13.5. The molecule has 0 aromatic rings. The van der Waals surface area contributed by atoms with Crippen LogP contribution in [0.25, 0.3) is 0 Å². The van der Waals surface area contributed by atoms with E-state index >= 15 is 0 Å². The van der Waals surface area contributed by atoms with Crippen molar-refractivity contribution in [2.24, 2.45) is 5.92 Å². The molecule has 0 aromatic heterocycles. The smallest absolute Gasteiger partial charge is 0.309 e. The minimum atomic E-state index is -0.964. The number of rotatable bonds is 16. The van der Waals surface area contributed by atoms with Gasteiger partial charge in [0.05, 0.1) is 12.5 Å². The van der Waals surface area contributed by atoms with Crippen molar-refractivity contribution in [1.82, 2.24) is 0 Å². The molecule has 0 fully saturated rings. The Kier molecular flexibility index (Phi) is 15.8. The molecule has 0 unspecified atom stereocenters. The Morgan fingerprint density at radius 1 is 0.870 bits per heavy atom. The molecular formula is C19H38O4. The summed E-state index contributed by atoms with van der Waals surface area (Å²) in [7, 11) is 0. The third-order valence-corrected chi connectivity index (χ3v) is 4.27. The fourth-order valence-corrected chi connectivity index (χ4v) is 2.72. The average molecular weight is 331 g/mol. The van der Waals surface area contributed by atoms with E-state index in [0.29, 0.717) is 0 Å². The highest BCUT2D eigenvalue weighted by Crippen LogP contribution is 2.20. The van der Waals surface area contributed by atoms with E-state index in [2.05, 4.69) is 13.8 Å². The molecule has 0 bridgehead atoms. The molecule has 0 heterocycles. The highest BCUT2D eigenvalue weighted by molar-refractivity contribution is 5.72. The Bertz CT molecular complexity index is 254. The van der Waals surface area contributed by atoms with E-state index in [1.54, 1.807) is 0 Å². The topological polar surface area (TPSA) is 66.8 Å². The van der Waals surface area contributed by atoms with Crippen LogP contribution in [0.3, 0.4) is 0 Å². The van der Waals surface area contributed by atoms with Crippen LogP contribution in [0.2, 0.25) is 0 Å². The molecular weight excluding hydrogens is 292 g/mol. The number of hydrogen-bond acceptors (Lipinski definition) is 4. The van der Waals surface area contributed by atoms with Gasteiger partial charge in [-0.3, -0.25) is 4.79 Å². The largest absolute Gasteiger partial charge is 0.463 e. The van der Waals surface area contributed by atoms with Crippen LogP contribution in [0.4, 0.5) is 0 Å². The van der Waals surface area contributed by atoms with Crippen LogP contribution >= 0.6 is 0 Å². The van der Waals surface area contributed by atoms with E-state index in [-0.39, 0.29) is 25.1 Å². The first-order valence-corrected chi connectivity index (χ1v) is 9.61. The lowest BCUT2D eigenvalue weighted by Crippen LogP contribution is -2.25. The number of ether oxygens (including phenoxy) is 1. The average Bonchev–Trinajstić information content (AvgIpc) is 2.57. The van der Waals surface area contributed by atoms with Crippen LogP contribution in [0.15, 0.2) is 0 Å². The molecule has 2 N–H and O–H groups in total. The Hall–Kier alpha value is -0.610. The minimum absolute atomic E-state index is 0.0517. The summed E-state index contributed by atoms with van der Waals surface area (Å²) in [4.78, 5) is 12.2. The van der Waals surface area contributed by atoms with E-state index in [0.717, 1.165) is 25.7 Å². The van der Waals surface area contributed by atoms with Gasteiger partial charge in [-0.05, 0) is 12.8 Å². The van der Waals surface area contributed by atoms with Gasteiger partial charge in [-0.1, -0.05) is 78.1 Å². The lowest BCUT2D eigenvalue weighted by molar-refractivity contribution is -0.152.